The normalized spacial score (nSPS) is 26.1. The summed E-state index contributed by atoms with van der Waals surface area (Å²) in [5, 5.41) is 0. The Labute approximate surface area is 118 Å². The summed E-state index contributed by atoms with van der Waals surface area (Å²) in [7, 11) is -4.71. The van der Waals surface area contributed by atoms with E-state index in [-0.39, 0.29) is 18.8 Å². The van der Waals surface area contributed by atoms with Gasteiger partial charge in [0.25, 0.3) is 0 Å². The summed E-state index contributed by atoms with van der Waals surface area (Å²) >= 11 is 0. The molecule has 1 aliphatic rings. The van der Waals surface area contributed by atoms with E-state index >= 15 is 0 Å². The fourth-order valence-corrected chi connectivity index (χ4v) is 2.62. The van der Waals surface area contributed by atoms with Crippen LogP contribution in [-0.2, 0) is 18.7 Å². The van der Waals surface area contributed by atoms with Crippen LogP contribution in [-0.4, -0.2) is 38.2 Å². The lowest BCUT2D eigenvalue weighted by Crippen LogP contribution is -2.30. The van der Waals surface area contributed by atoms with Crippen molar-refractivity contribution in [2.24, 2.45) is 5.90 Å². The van der Waals surface area contributed by atoms with E-state index in [4.69, 9.17) is 26.2 Å². The highest BCUT2D eigenvalue weighted by atomic mass is 31.2. The van der Waals surface area contributed by atoms with Crippen LogP contribution in [0.4, 0.5) is 5.82 Å². The largest absolute Gasteiger partial charge is 0.469 e. The van der Waals surface area contributed by atoms with Gasteiger partial charge in [-0.05, 0) is 6.07 Å². The number of anilines is 1. The monoisotopic (exact) mass is 322 g/mol. The van der Waals surface area contributed by atoms with Gasteiger partial charge >= 0.3 is 13.5 Å². The maximum absolute atomic E-state index is 11.7. The summed E-state index contributed by atoms with van der Waals surface area (Å²) in [6.07, 6.45) is -1.25. The molecular weight excluding hydrogens is 307 g/mol. The fourth-order valence-electron chi connectivity index (χ4n) is 2.05. The van der Waals surface area contributed by atoms with Crippen LogP contribution in [0.25, 0.3) is 0 Å². The Morgan fingerprint density at radius 2 is 2.29 bits per heavy atom. The summed E-state index contributed by atoms with van der Waals surface area (Å²) in [6, 6.07) is 1.40. The molecule has 3 atom stereocenters. The molecule has 0 bridgehead atoms. The third kappa shape index (κ3) is 4.08. The highest BCUT2D eigenvalue weighted by molar-refractivity contribution is 7.46. The number of nitrogens with two attached hydrogens (primary N) is 2. The number of hydrogen-bond acceptors (Lipinski definition) is 8. The summed E-state index contributed by atoms with van der Waals surface area (Å²) < 4.78 is 22.2. The summed E-state index contributed by atoms with van der Waals surface area (Å²) in [5.41, 5.74) is 4.73. The average molecular weight is 322 g/mol. The van der Waals surface area contributed by atoms with Crippen LogP contribution in [0.5, 0.6) is 0 Å². The van der Waals surface area contributed by atoms with Gasteiger partial charge in [0, 0.05) is 12.6 Å². The van der Waals surface area contributed by atoms with Crippen molar-refractivity contribution in [3.63, 3.8) is 0 Å². The number of ether oxygens (including phenoxy) is 1. The molecular formula is C9H15N4O7P. The lowest BCUT2D eigenvalue weighted by atomic mass is 10.2. The molecule has 1 aromatic rings. The van der Waals surface area contributed by atoms with Gasteiger partial charge in [0.2, 0.25) is 0 Å². The molecule has 0 spiro atoms. The molecule has 0 amide bonds. The summed E-state index contributed by atoms with van der Waals surface area (Å²) in [6.45, 7) is -0.154. The smallest absolute Gasteiger partial charge is 0.383 e. The minimum Gasteiger partial charge on any atom is -0.383 e. The molecule has 2 heterocycles. The predicted molar refractivity (Wildman–Crippen MR) is 68.5 cm³/mol. The summed E-state index contributed by atoms with van der Waals surface area (Å²) in [4.78, 5) is 37.4. The van der Waals surface area contributed by atoms with Crippen molar-refractivity contribution in [3.8, 4) is 0 Å². The second kappa shape index (κ2) is 6.20. The van der Waals surface area contributed by atoms with Crippen LogP contribution in [0, 0.1) is 0 Å². The zero-order valence-electron chi connectivity index (χ0n) is 10.7. The van der Waals surface area contributed by atoms with Gasteiger partial charge in [0.05, 0.1) is 6.61 Å². The first-order valence-corrected chi connectivity index (χ1v) is 7.39. The molecule has 118 valence electrons. The molecule has 11 nitrogen and oxygen atoms in total. The van der Waals surface area contributed by atoms with Crippen molar-refractivity contribution in [2.45, 2.75) is 24.9 Å². The first kappa shape index (κ1) is 16.0. The number of phosphoric acid groups is 1. The van der Waals surface area contributed by atoms with Crippen molar-refractivity contribution in [2.75, 3.05) is 12.3 Å². The van der Waals surface area contributed by atoms with Gasteiger partial charge in [0.1, 0.15) is 24.3 Å². The number of phosphoric ester groups is 1. The predicted octanol–water partition coefficient (Wildman–Crippen LogP) is -1.52. The highest BCUT2D eigenvalue weighted by Crippen LogP contribution is 2.43. The molecule has 1 saturated heterocycles. The number of nitrogens with zero attached hydrogens (tertiary/aromatic N) is 2. The lowest BCUT2D eigenvalue weighted by Gasteiger charge is -2.17. The number of aromatic nitrogens is 2. The molecule has 0 aromatic carbocycles. The number of nitrogen functional groups attached to an aromatic ring is 1. The van der Waals surface area contributed by atoms with E-state index in [0.29, 0.717) is 0 Å². The fraction of sp³-hybridized carbons (Fsp3) is 0.556. The molecule has 1 aromatic heterocycles. The van der Waals surface area contributed by atoms with E-state index in [1.165, 1.54) is 12.3 Å². The standard InChI is InChI=1S/C9H15N4O7P/c10-7-1-2-13(9(14)12-7)8-3-5(20-21(15,16)17)6(19-8)4-18-11/h1-2,5-6,8H,3-4,11H2,(H2,10,12,14)(H2,15,16,17)/t5-,6+,8+/m0/s1. The van der Waals surface area contributed by atoms with E-state index in [9.17, 15) is 9.36 Å². The SMILES string of the molecule is NOC[C@H]1O[C@@H](n2ccc(N)nc2=O)C[C@@H]1OP(=O)(O)O. The number of rotatable bonds is 5. The minimum absolute atomic E-state index is 0.0185. The molecule has 0 unspecified atom stereocenters. The van der Waals surface area contributed by atoms with Gasteiger partial charge in [-0.15, -0.1) is 0 Å². The van der Waals surface area contributed by atoms with Crippen molar-refractivity contribution in [3.05, 3.63) is 22.7 Å². The Kier molecular flexibility index (Phi) is 4.74. The van der Waals surface area contributed by atoms with Crippen LogP contribution < -0.4 is 17.3 Å². The van der Waals surface area contributed by atoms with E-state index in [1.54, 1.807) is 0 Å². The molecule has 6 N–H and O–H groups in total. The third-order valence-corrected chi connectivity index (χ3v) is 3.42. The third-order valence-electron chi connectivity index (χ3n) is 2.88. The molecule has 21 heavy (non-hydrogen) atoms. The molecule has 0 saturated carbocycles. The van der Waals surface area contributed by atoms with Crippen LogP contribution >= 0.6 is 7.82 Å². The summed E-state index contributed by atoms with van der Waals surface area (Å²) in [5.74, 6) is 5.00. The zero-order chi connectivity index (χ0) is 15.6. The van der Waals surface area contributed by atoms with E-state index in [0.717, 1.165) is 4.57 Å². The Balaban J connectivity index is 2.20. The minimum atomic E-state index is -4.71. The van der Waals surface area contributed by atoms with Crippen LogP contribution in [0.2, 0.25) is 0 Å². The highest BCUT2D eigenvalue weighted by Gasteiger charge is 2.41. The Hall–Kier alpha value is -1.33. The van der Waals surface area contributed by atoms with Crippen LogP contribution in [0.15, 0.2) is 17.1 Å². The van der Waals surface area contributed by atoms with Gasteiger partial charge in [-0.1, -0.05) is 0 Å². The second-order valence-corrected chi connectivity index (χ2v) is 5.57. The van der Waals surface area contributed by atoms with Crippen LogP contribution in [0.1, 0.15) is 12.6 Å². The van der Waals surface area contributed by atoms with Gasteiger partial charge in [-0.3, -0.25) is 9.09 Å². The first-order chi connectivity index (χ1) is 9.80. The van der Waals surface area contributed by atoms with E-state index < -0.39 is 31.9 Å². The molecule has 1 fully saturated rings. The molecule has 0 radical (unpaired) electrons. The van der Waals surface area contributed by atoms with Crippen molar-refractivity contribution in [1.82, 2.24) is 9.55 Å². The quantitative estimate of drug-likeness (QED) is 0.368. The Morgan fingerprint density at radius 3 is 2.86 bits per heavy atom. The van der Waals surface area contributed by atoms with Crippen molar-refractivity contribution < 1.29 is 28.5 Å². The topological polar surface area (TPSA) is 172 Å². The molecule has 2 rings (SSSR count). The first-order valence-electron chi connectivity index (χ1n) is 5.86. The van der Waals surface area contributed by atoms with Gasteiger partial charge < -0.3 is 25.1 Å². The van der Waals surface area contributed by atoms with Crippen LogP contribution in [0.3, 0.4) is 0 Å². The van der Waals surface area contributed by atoms with Gasteiger partial charge in [0.15, 0.2) is 0 Å². The zero-order valence-corrected chi connectivity index (χ0v) is 11.6. The second-order valence-electron chi connectivity index (χ2n) is 4.37. The van der Waals surface area contributed by atoms with E-state index in [1.807, 2.05) is 0 Å². The molecule has 12 heteroatoms. The average Bonchev–Trinajstić information content (AvgIpc) is 2.70. The molecule has 1 aliphatic heterocycles. The Bertz CT molecular complexity index is 602. The Morgan fingerprint density at radius 1 is 1.57 bits per heavy atom. The maximum atomic E-state index is 11.7. The van der Waals surface area contributed by atoms with Gasteiger partial charge in [-0.2, -0.15) is 4.98 Å². The molecule has 0 aliphatic carbocycles. The van der Waals surface area contributed by atoms with Gasteiger partial charge in [-0.25, -0.2) is 15.3 Å². The van der Waals surface area contributed by atoms with Crippen molar-refractivity contribution >= 4 is 13.6 Å². The van der Waals surface area contributed by atoms with Crippen molar-refractivity contribution in [1.29, 1.82) is 0 Å². The maximum Gasteiger partial charge on any atom is 0.469 e. The number of hydrogen-bond donors (Lipinski definition) is 4. The lowest BCUT2D eigenvalue weighted by molar-refractivity contribution is -0.0632. The van der Waals surface area contributed by atoms with E-state index in [2.05, 4.69) is 14.3 Å².